The summed E-state index contributed by atoms with van der Waals surface area (Å²) in [6.45, 7) is 0. The van der Waals surface area contributed by atoms with Crippen LogP contribution in [0.2, 0.25) is 5.02 Å². The molecule has 0 saturated heterocycles. The maximum Gasteiger partial charge on any atom is 0.192 e. The van der Waals surface area contributed by atoms with Gasteiger partial charge in [0.15, 0.2) is 28.8 Å². The van der Waals surface area contributed by atoms with Gasteiger partial charge in [-0.3, -0.25) is 0 Å². The molecule has 0 N–H and O–H groups in total. The van der Waals surface area contributed by atoms with Crippen LogP contribution in [0.4, 0.5) is 0 Å². The quantitative estimate of drug-likeness (QED) is 0.700. The number of para-hydroxylation sites is 1. The molecule has 9 heavy (non-hydrogen) atoms. The molecule has 3 heteroatoms. The second kappa shape index (κ2) is 3.27. The summed E-state index contributed by atoms with van der Waals surface area (Å²) in [5.41, 5.74) is 0. The van der Waals surface area contributed by atoms with Gasteiger partial charge < -0.3 is 3.07 Å². The molecule has 0 aliphatic rings. The van der Waals surface area contributed by atoms with Crippen LogP contribution >= 0.6 is 34.6 Å². The SMILES string of the molecule is Clc1ccccc1OI. The van der Waals surface area contributed by atoms with E-state index in [0.29, 0.717) is 10.8 Å². The number of hydrogen-bond donors (Lipinski definition) is 0. The van der Waals surface area contributed by atoms with Crippen molar-refractivity contribution in [1.82, 2.24) is 0 Å². The van der Waals surface area contributed by atoms with E-state index < -0.39 is 0 Å². The lowest BCUT2D eigenvalue weighted by Crippen LogP contribution is -1.72. The Labute approximate surface area is 72.7 Å². The second-order valence-corrected chi connectivity index (χ2v) is 2.36. The minimum atomic E-state index is 0.645. The van der Waals surface area contributed by atoms with E-state index in [4.69, 9.17) is 14.7 Å². The smallest absolute Gasteiger partial charge is 0.192 e. The first-order valence-electron chi connectivity index (χ1n) is 2.37. The Bertz CT molecular complexity index is 202. The van der Waals surface area contributed by atoms with Gasteiger partial charge in [0.05, 0.1) is 5.02 Å². The summed E-state index contributed by atoms with van der Waals surface area (Å²) >= 11 is 7.49. The highest BCUT2D eigenvalue weighted by molar-refractivity contribution is 14.1. The number of hydrogen-bond acceptors (Lipinski definition) is 1. The Morgan fingerprint density at radius 2 is 2.00 bits per heavy atom. The first-order chi connectivity index (χ1) is 4.34. The molecule has 0 aliphatic carbocycles. The van der Waals surface area contributed by atoms with Gasteiger partial charge in [-0.15, -0.1) is 0 Å². The van der Waals surface area contributed by atoms with Crippen LogP contribution in [0.25, 0.3) is 0 Å². The molecular formula is C6H4ClIO. The topological polar surface area (TPSA) is 9.23 Å². The molecule has 0 unspecified atom stereocenters. The summed E-state index contributed by atoms with van der Waals surface area (Å²) in [4.78, 5) is 0. The fourth-order valence-electron chi connectivity index (χ4n) is 0.507. The number of benzene rings is 1. The largest absolute Gasteiger partial charge is 0.426 e. The first-order valence-corrected chi connectivity index (χ1v) is 3.63. The lowest BCUT2D eigenvalue weighted by Gasteiger charge is -1.96. The zero-order valence-electron chi connectivity index (χ0n) is 4.47. The molecule has 0 aliphatic heterocycles. The predicted octanol–water partition coefficient (Wildman–Crippen LogP) is 3.07. The van der Waals surface area contributed by atoms with Crippen molar-refractivity contribution in [3.63, 3.8) is 0 Å². The lowest BCUT2D eigenvalue weighted by atomic mass is 10.3. The highest BCUT2D eigenvalue weighted by Gasteiger charge is 1.94. The molecule has 1 nitrogen and oxygen atoms in total. The van der Waals surface area contributed by atoms with Gasteiger partial charge in [0.1, 0.15) is 0 Å². The van der Waals surface area contributed by atoms with Crippen LogP contribution in [0, 0.1) is 0 Å². The van der Waals surface area contributed by atoms with Gasteiger partial charge in [-0.1, -0.05) is 23.7 Å². The minimum absolute atomic E-state index is 0.645. The number of rotatable bonds is 1. The summed E-state index contributed by atoms with van der Waals surface area (Å²) in [5.74, 6) is 0.708. The van der Waals surface area contributed by atoms with E-state index in [0.717, 1.165) is 0 Å². The van der Waals surface area contributed by atoms with Gasteiger partial charge in [0.25, 0.3) is 0 Å². The average Bonchev–Trinajstić information content (AvgIpc) is 1.89. The fourth-order valence-corrected chi connectivity index (χ4v) is 1.20. The van der Waals surface area contributed by atoms with Crippen LogP contribution in [0.1, 0.15) is 0 Å². The summed E-state index contributed by atoms with van der Waals surface area (Å²) in [6, 6.07) is 7.34. The highest BCUT2D eigenvalue weighted by Crippen LogP contribution is 2.24. The maximum atomic E-state index is 5.69. The van der Waals surface area contributed by atoms with Crippen LogP contribution in [0.3, 0.4) is 0 Å². The van der Waals surface area contributed by atoms with Gasteiger partial charge in [0, 0.05) is 0 Å². The van der Waals surface area contributed by atoms with Crippen LogP contribution < -0.4 is 3.07 Å². The van der Waals surface area contributed by atoms with Crippen molar-refractivity contribution in [2.75, 3.05) is 0 Å². The summed E-state index contributed by atoms with van der Waals surface area (Å²) in [6.07, 6.45) is 0. The summed E-state index contributed by atoms with van der Waals surface area (Å²) in [5, 5.41) is 0.645. The monoisotopic (exact) mass is 254 g/mol. The molecule has 0 heterocycles. The van der Waals surface area contributed by atoms with Crippen molar-refractivity contribution in [3.05, 3.63) is 29.3 Å². The van der Waals surface area contributed by atoms with E-state index in [1.807, 2.05) is 18.2 Å². The minimum Gasteiger partial charge on any atom is -0.426 e. The van der Waals surface area contributed by atoms with E-state index in [2.05, 4.69) is 0 Å². The zero-order chi connectivity index (χ0) is 6.69. The Kier molecular flexibility index (Phi) is 2.60. The highest BCUT2D eigenvalue weighted by atomic mass is 127. The second-order valence-electron chi connectivity index (χ2n) is 1.51. The third kappa shape index (κ3) is 1.72. The Balaban J connectivity index is 3.01. The van der Waals surface area contributed by atoms with Crippen molar-refractivity contribution < 1.29 is 3.07 Å². The Hall–Kier alpha value is 0.0400. The molecule has 0 amide bonds. The molecule has 0 fully saturated rings. The molecule has 1 aromatic rings. The predicted molar refractivity (Wildman–Crippen MR) is 46.1 cm³/mol. The van der Waals surface area contributed by atoms with E-state index >= 15 is 0 Å². The molecule has 0 bridgehead atoms. The van der Waals surface area contributed by atoms with E-state index in [9.17, 15) is 0 Å². The third-order valence-electron chi connectivity index (χ3n) is 0.920. The van der Waals surface area contributed by atoms with E-state index in [1.54, 1.807) is 29.1 Å². The third-order valence-corrected chi connectivity index (χ3v) is 1.71. The molecule has 0 spiro atoms. The average molecular weight is 254 g/mol. The van der Waals surface area contributed by atoms with Crippen molar-refractivity contribution in [2.24, 2.45) is 0 Å². The van der Waals surface area contributed by atoms with Crippen molar-refractivity contribution >= 4 is 34.6 Å². The Morgan fingerprint density at radius 1 is 1.33 bits per heavy atom. The van der Waals surface area contributed by atoms with Gasteiger partial charge in [0.2, 0.25) is 0 Å². The molecular weight excluding hydrogens is 250 g/mol. The normalized spacial score (nSPS) is 9.11. The molecule has 0 aromatic heterocycles. The standard InChI is InChI=1S/C6H4ClIO/c7-5-3-1-2-4-6(5)9-8/h1-4H. The molecule has 0 radical (unpaired) electrons. The van der Waals surface area contributed by atoms with E-state index in [1.165, 1.54) is 0 Å². The molecule has 0 saturated carbocycles. The molecule has 1 rings (SSSR count). The number of halogens is 2. The van der Waals surface area contributed by atoms with Gasteiger partial charge in [-0.25, -0.2) is 0 Å². The fraction of sp³-hybridized carbons (Fsp3) is 0. The van der Waals surface area contributed by atoms with Gasteiger partial charge >= 0.3 is 0 Å². The van der Waals surface area contributed by atoms with Crippen LogP contribution in [0.5, 0.6) is 5.75 Å². The Morgan fingerprint density at radius 3 is 2.44 bits per heavy atom. The van der Waals surface area contributed by atoms with E-state index in [-0.39, 0.29) is 0 Å². The molecule has 1 aromatic carbocycles. The van der Waals surface area contributed by atoms with Crippen molar-refractivity contribution in [1.29, 1.82) is 0 Å². The van der Waals surface area contributed by atoms with Crippen LogP contribution in [-0.4, -0.2) is 0 Å². The van der Waals surface area contributed by atoms with Gasteiger partial charge in [-0.05, 0) is 12.1 Å². The molecule has 48 valence electrons. The van der Waals surface area contributed by atoms with Crippen molar-refractivity contribution in [2.45, 2.75) is 0 Å². The summed E-state index contributed by atoms with van der Waals surface area (Å²) in [7, 11) is 0. The molecule has 0 atom stereocenters. The van der Waals surface area contributed by atoms with Crippen LogP contribution in [-0.2, 0) is 0 Å². The summed E-state index contributed by atoms with van der Waals surface area (Å²) < 4.78 is 4.88. The zero-order valence-corrected chi connectivity index (χ0v) is 7.39. The van der Waals surface area contributed by atoms with Crippen LogP contribution in [0.15, 0.2) is 24.3 Å². The maximum absolute atomic E-state index is 5.69. The first kappa shape index (κ1) is 7.15. The van der Waals surface area contributed by atoms with Crippen molar-refractivity contribution in [3.8, 4) is 5.75 Å². The lowest BCUT2D eigenvalue weighted by molar-refractivity contribution is 0.717. The van der Waals surface area contributed by atoms with Gasteiger partial charge in [-0.2, -0.15) is 0 Å².